The van der Waals surface area contributed by atoms with Gasteiger partial charge in [-0.25, -0.2) is 9.59 Å². The summed E-state index contributed by atoms with van der Waals surface area (Å²) in [7, 11) is 0. The molecule has 0 aliphatic rings. The molecule has 0 aliphatic heterocycles. The van der Waals surface area contributed by atoms with E-state index in [2.05, 4.69) is 23.7 Å². The Kier molecular flexibility index (Phi) is 18.4. The molecule has 0 fully saturated rings. The Labute approximate surface area is 309 Å². The van der Waals surface area contributed by atoms with E-state index in [1.165, 1.54) is 0 Å². The van der Waals surface area contributed by atoms with Crippen LogP contribution in [0.3, 0.4) is 0 Å². The average Bonchev–Trinajstić information content (AvgIpc) is 3.14. The number of rotatable bonds is 18. The second-order valence-corrected chi connectivity index (χ2v) is 11.6. The zero-order valence-electron chi connectivity index (χ0n) is 31.2. The molecule has 274 valence electrons. The van der Waals surface area contributed by atoms with Gasteiger partial charge in [0.15, 0.2) is 12.2 Å². The highest BCUT2D eigenvalue weighted by Crippen LogP contribution is 2.17. The highest BCUT2D eigenvalue weighted by atomic mass is 16.6. The van der Waals surface area contributed by atoms with Gasteiger partial charge in [-0.2, -0.15) is 0 Å². The minimum Gasteiger partial charge on any atom is -0.490 e. The number of esters is 2. The third-order valence-corrected chi connectivity index (χ3v) is 7.50. The summed E-state index contributed by atoms with van der Waals surface area (Å²) in [6, 6.07) is 23.0. The molecule has 0 radical (unpaired) electrons. The van der Waals surface area contributed by atoms with Gasteiger partial charge in [0.2, 0.25) is 0 Å². The van der Waals surface area contributed by atoms with Crippen LogP contribution in [0.15, 0.2) is 96.1 Å². The van der Waals surface area contributed by atoms with Crippen molar-refractivity contribution in [2.75, 3.05) is 39.6 Å². The topological polar surface area (TPSA) is 89.5 Å². The molecule has 0 aliphatic carbocycles. The summed E-state index contributed by atoms with van der Waals surface area (Å²) in [6.07, 6.45) is 3.53. The van der Waals surface area contributed by atoms with Gasteiger partial charge in [-0.1, -0.05) is 47.9 Å². The number of hydrogen-bond donors (Lipinski definition) is 0. The van der Waals surface area contributed by atoms with Crippen LogP contribution in [-0.4, -0.2) is 63.8 Å². The number of ether oxygens (including phenoxy) is 6. The maximum atomic E-state index is 12.1. The smallest absolute Gasteiger partial charge is 0.335 e. The first kappa shape index (κ1) is 41.1. The van der Waals surface area contributed by atoms with Crippen molar-refractivity contribution in [1.82, 2.24) is 0 Å². The Morgan fingerprint density at radius 1 is 0.558 bits per heavy atom. The van der Waals surface area contributed by atoms with Crippen molar-refractivity contribution in [2.45, 2.75) is 66.6 Å². The molecule has 0 spiro atoms. The fourth-order valence-electron chi connectivity index (χ4n) is 4.77. The lowest BCUT2D eigenvalue weighted by Gasteiger charge is -2.15. The Morgan fingerprint density at radius 2 is 0.923 bits per heavy atom. The van der Waals surface area contributed by atoms with Crippen molar-refractivity contribution in [3.05, 3.63) is 118 Å². The maximum absolute atomic E-state index is 12.1. The van der Waals surface area contributed by atoms with E-state index in [0.29, 0.717) is 52.5 Å². The van der Waals surface area contributed by atoms with Gasteiger partial charge in [-0.3, -0.25) is 0 Å². The van der Waals surface area contributed by atoms with Gasteiger partial charge >= 0.3 is 11.9 Å². The van der Waals surface area contributed by atoms with E-state index in [0.717, 1.165) is 44.9 Å². The van der Waals surface area contributed by atoms with Crippen LogP contribution >= 0.6 is 0 Å². The van der Waals surface area contributed by atoms with Crippen molar-refractivity contribution in [3.63, 3.8) is 0 Å². The fraction of sp³-hybridized carbons (Fsp3) is 0.364. The average molecular weight is 707 g/mol. The number of carbonyl (C=O) groups excluding carboxylic acids is 2. The van der Waals surface area contributed by atoms with Gasteiger partial charge in [0.25, 0.3) is 0 Å². The van der Waals surface area contributed by atoms with Gasteiger partial charge in [-0.15, -0.1) is 0 Å². The minimum atomic E-state index is -0.618. The first-order valence-electron chi connectivity index (χ1n) is 17.7. The summed E-state index contributed by atoms with van der Waals surface area (Å²) in [5.74, 6) is 13.5. The molecule has 3 aromatic carbocycles. The zero-order chi connectivity index (χ0) is 37.6. The Morgan fingerprint density at radius 3 is 1.25 bits per heavy atom. The van der Waals surface area contributed by atoms with Gasteiger partial charge in [0.05, 0.1) is 13.2 Å². The SMILES string of the molecule is CCOC(=O)C(Cc1ccc(OC/C=C(\C)C#Cc2ccc(C#C/C(C)=C/COc3ccc(CC(OCC)C(=O)OCC)cc3)cc2)cc1)OCC. The van der Waals surface area contributed by atoms with Gasteiger partial charge in [-0.05, 0) is 124 Å². The Balaban J connectivity index is 1.44. The molecule has 8 heteroatoms. The predicted molar refractivity (Wildman–Crippen MR) is 203 cm³/mol. The molecule has 0 saturated heterocycles. The molecule has 0 aromatic heterocycles. The monoisotopic (exact) mass is 706 g/mol. The van der Waals surface area contributed by atoms with Crippen LogP contribution in [0, 0.1) is 23.7 Å². The molecule has 52 heavy (non-hydrogen) atoms. The number of allylic oxidation sites excluding steroid dienone is 2. The summed E-state index contributed by atoms with van der Waals surface area (Å²) in [6.45, 7) is 13.5. The van der Waals surface area contributed by atoms with Crippen molar-refractivity contribution in [3.8, 4) is 35.2 Å². The van der Waals surface area contributed by atoms with E-state index in [9.17, 15) is 9.59 Å². The lowest BCUT2D eigenvalue weighted by atomic mass is 10.1. The van der Waals surface area contributed by atoms with Crippen LogP contribution < -0.4 is 9.47 Å². The van der Waals surface area contributed by atoms with Crippen LogP contribution in [0.25, 0.3) is 0 Å². The van der Waals surface area contributed by atoms with Gasteiger partial charge in [0.1, 0.15) is 24.7 Å². The second kappa shape index (κ2) is 23.2. The number of hydrogen-bond acceptors (Lipinski definition) is 8. The largest absolute Gasteiger partial charge is 0.490 e. The third-order valence-electron chi connectivity index (χ3n) is 7.50. The summed E-state index contributed by atoms with van der Waals surface area (Å²) in [5.41, 5.74) is 5.52. The molecule has 3 aromatic rings. The standard InChI is InChI=1S/C44H50O8/c1-7-47-41(43(45)49-9-3)31-37-19-23-39(24-20-37)51-29-27-33(5)11-13-35-15-17-36(18-16-35)14-12-34(6)28-30-52-40-25-21-38(22-26-40)32-42(48-8-2)44(46)50-10-4/h15-28,41-42H,7-10,29-32H2,1-6H3/b33-27+,34-28+. The fourth-order valence-corrected chi connectivity index (χ4v) is 4.77. The number of carbonyl (C=O) groups is 2. The number of benzene rings is 3. The zero-order valence-corrected chi connectivity index (χ0v) is 31.2. The van der Waals surface area contributed by atoms with Crippen LogP contribution in [0.1, 0.15) is 63.8 Å². The van der Waals surface area contributed by atoms with E-state index >= 15 is 0 Å². The first-order valence-corrected chi connectivity index (χ1v) is 17.7. The van der Waals surface area contributed by atoms with Crippen LogP contribution in [0.4, 0.5) is 0 Å². The van der Waals surface area contributed by atoms with Crippen molar-refractivity contribution >= 4 is 11.9 Å². The molecule has 8 nitrogen and oxygen atoms in total. The van der Waals surface area contributed by atoms with Crippen molar-refractivity contribution in [1.29, 1.82) is 0 Å². The van der Waals surface area contributed by atoms with Crippen LogP contribution in [0.5, 0.6) is 11.5 Å². The van der Waals surface area contributed by atoms with Gasteiger partial charge < -0.3 is 28.4 Å². The Hall–Kier alpha value is -5.28. The lowest BCUT2D eigenvalue weighted by Crippen LogP contribution is -2.28. The maximum Gasteiger partial charge on any atom is 0.335 e. The van der Waals surface area contributed by atoms with E-state index in [-0.39, 0.29) is 11.9 Å². The summed E-state index contributed by atoms with van der Waals surface area (Å²) >= 11 is 0. The van der Waals surface area contributed by atoms with E-state index in [1.807, 2.05) is 113 Å². The van der Waals surface area contributed by atoms with Crippen LogP contribution in [0.2, 0.25) is 0 Å². The molecule has 2 atom stereocenters. The molecule has 0 saturated carbocycles. The third kappa shape index (κ3) is 15.3. The minimum absolute atomic E-state index is 0.323. The van der Waals surface area contributed by atoms with Gasteiger partial charge in [0, 0.05) is 37.2 Å². The predicted octanol–water partition coefficient (Wildman–Crippen LogP) is 7.46. The summed E-state index contributed by atoms with van der Waals surface area (Å²) < 4.78 is 33.1. The molecule has 0 N–H and O–H groups in total. The van der Waals surface area contributed by atoms with E-state index in [1.54, 1.807) is 13.8 Å². The van der Waals surface area contributed by atoms with Crippen molar-refractivity contribution in [2.24, 2.45) is 0 Å². The second-order valence-electron chi connectivity index (χ2n) is 11.6. The Bertz CT molecular complexity index is 1600. The lowest BCUT2D eigenvalue weighted by molar-refractivity contribution is -0.157. The molecular formula is C44H50O8. The summed E-state index contributed by atoms with van der Waals surface area (Å²) in [5, 5.41) is 0. The quantitative estimate of drug-likeness (QED) is 0.0996. The molecule has 2 unspecified atom stereocenters. The van der Waals surface area contributed by atoms with Crippen molar-refractivity contribution < 1.29 is 38.0 Å². The van der Waals surface area contributed by atoms with E-state index < -0.39 is 12.2 Å². The summed E-state index contributed by atoms with van der Waals surface area (Å²) in [4.78, 5) is 24.3. The highest BCUT2D eigenvalue weighted by Gasteiger charge is 2.21. The molecular weight excluding hydrogens is 656 g/mol. The highest BCUT2D eigenvalue weighted by molar-refractivity contribution is 5.75. The molecule has 0 amide bonds. The van der Waals surface area contributed by atoms with Crippen LogP contribution in [-0.2, 0) is 41.4 Å². The molecule has 0 heterocycles. The normalized spacial score (nSPS) is 12.3. The molecule has 3 rings (SSSR count). The van der Waals surface area contributed by atoms with E-state index in [4.69, 9.17) is 28.4 Å². The first-order chi connectivity index (χ1) is 25.2. The molecule has 0 bridgehead atoms.